The summed E-state index contributed by atoms with van der Waals surface area (Å²) in [6.07, 6.45) is 13.7. The Morgan fingerprint density at radius 1 is 1.00 bits per heavy atom. The molecule has 0 amide bonds. The van der Waals surface area contributed by atoms with E-state index in [-0.39, 0.29) is 0 Å². The van der Waals surface area contributed by atoms with Crippen molar-refractivity contribution in [3.8, 4) is 0 Å². The number of nitrogens with two attached hydrogens (primary N) is 1. The SMILES string of the molecule is CCCCCCCN1C(=N)N(CCCC[C@H]2CN=C(N)N2)C[C@@H]1CCCC. The lowest BCUT2D eigenvalue weighted by molar-refractivity contribution is 0.309. The number of guanidine groups is 2. The third-order valence-electron chi connectivity index (χ3n) is 5.90. The van der Waals surface area contributed by atoms with E-state index in [0.29, 0.717) is 18.0 Å². The maximum atomic E-state index is 8.68. The molecule has 4 N–H and O–H groups in total. The highest BCUT2D eigenvalue weighted by Gasteiger charge is 2.33. The van der Waals surface area contributed by atoms with E-state index >= 15 is 0 Å². The lowest BCUT2D eigenvalue weighted by Crippen LogP contribution is -2.37. The van der Waals surface area contributed by atoms with Crippen LogP contribution in [0.1, 0.15) is 84.5 Å². The molecule has 0 radical (unpaired) electrons. The van der Waals surface area contributed by atoms with E-state index in [0.717, 1.165) is 45.0 Å². The van der Waals surface area contributed by atoms with Crippen LogP contribution in [0.25, 0.3) is 0 Å². The fourth-order valence-electron chi connectivity index (χ4n) is 4.22. The Morgan fingerprint density at radius 3 is 2.44 bits per heavy atom. The molecule has 2 aliphatic rings. The first-order valence-electron chi connectivity index (χ1n) is 11.3. The Hall–Kier alpha value is -1.46. The van der Waals surface area contributed by atoms with Crippen molar-refractivity contribution in [2.45, 2.75) is 96.6 Å². The highest BCUT2D eigenvalue weighted by Crippen LogP contribution is 2.22. The molecule has 1 fully saturated rings. The lowest BCUT2D eigenvalue weighted by atomic mass is 10.1. The zero-order valence-corrected chi connectivity index (χ0v) is 17.7. The predicted octanol–water partition coefficient (Wildman–Crippen LogP) is 3.52. The first-order valence-corrected chi connectivity index (χ1v) is 11.3. The van der Waals surface area contributed by atoms with Gasteiger partial charge in [0.2, 0.25) is 0 Å². The van der Waals surface area contributed by atoms with Crippen molar-refractivity contribution in [1.82, 2.24) is 15.1 Å². The van der Waals surface area contributed by atoms with E-state index < -0.39 is 0 Å². The third-order valence-corrected chi connectivity index (χ3v) is 5.90. The Kier molecular flexibility index (Phi) is 9.78. The topological polar surface area (TPSA) is 80.7 Å². The van der Waals surface area contributed by atoms with Crippen LogP contribution < -0.4 is 11.1 Å². The minimum Gasteiger partial charge on any atom is -0.370 e. The summed E-state index contributed by atoms with van der Waals surface area (Å²) in [7, 11) is 0. The molecule has 6 heteroatoms. The van der Waals surface area contributed by atoms with Crippen LogP contribution in [-0.2, 0) is 0 Å². The molecule has 2 aliphatic heterocycles. The van der Waals surface area contributed by atoms with Crippen LogP contribution >= 0.6 is 0 Å². The molecule has 156 valence electrons. The first-order chi connectivity index (χ1) is 13.2. The number of nitrogens with one attached hydrogen (secondary N) is 2. The van der Waals surface area contributed by atoms with E-state index in [4.69, 9.17) is 11.1 Å². The monoisotopic (exact) mass is 378 g/mol. The van der Waals surface area contributed by atoms with Gasteiger partial charge in [-0.2, -0.15) is 0 Å². The minimum atomic E-state index is 0.417. The molecule has 0 saturated carbocycles. The van der Waals surface area contributed by atoms with E-state index in [1.54, 1.807) is 0 Å². The normalized spacial score (nSPS) is 22.4. The van der Waals surface area contributed by atoms with Crippen molar-refractivity contribution in [2.75, 3.05) is 26.2 Å². The zero-order chi connectivity index (χ0) is 19.5. The Labute approximate surface area is 166 Å². The number of unbranched alkanes of at least 4 members (excludes halogenated alkanes) is 6. The fraction of sp³-hybridized carbons (Fsp3) is 0.905. The van der Waals surface area contributed by atoms with Gasteiger partial charge in [0, 0.05) is 31.7 Å². The van der Waals surface area contributed by atoms with Gasteiger partial charge in [-0.05, 0) is 32.1 Å². The van der Waals surface area contributed by atoms with Gasteiger partial charge in [-0.25, -0.2) is 0 Å². The van der Waals surface area contributed by atoms with Crippen LogP contribution in [0.15, 0.2) is 4.99 Å². The van der Waals surface area contributed by atoms with Gasteiger partial charge in [-0.15, -0.1) is 0 Å². The van der Waals surface area contributed by atoms with Crippen molar-refractivity contribution in [3.05, 3.63) is 0 Å². The number of hydrogen-bond acceptors (Lipinski definition) is 4. The molecule has 0 aliphatic carbocycles. The number of hydrogen-bond donors (Lipinski definition) is 3. The first kappa shape index (κ1) is 21.8. The number of nitrogens with zero attached hydrogens (tertiary/aromatic N) is 3. The van der Waals surface area contributed by atoms with Crippen molar-refractivity contribution < 1.29 is 0 Å². The smallest absolute Gasteiger partial charge is 0.194 e. The standard InChI is InChI=1S/C21H42N6/c1-3-5-7-8-10-15-27-19(13-6-4-2)17-26(21(27)23)14-11-9-12-18-16-24-20(22)25-18/h18-19,23H,3-17H2,1-2H3,(H3,22,24,25)/t18-,19-/m0/s1. The van der Waals surface area contributed by atoms with Crippen LogP contribution in [0, 0.1) is 5.41 Å². The molecule has 2 rings (SSSR count). The van der Waals surface area contributed by atoms with E-state index in [1.807, 2.05) is 0 Å². The molecule has 2 atom stereocenters. The molecule has 0 aromatic carbocycles. The second-order valence-corrected chi connectivity index (χ2v) is 8.24. The highest BCUT2D eigenvalue weighted by atomic mass is 15.4. The van der Waals surface area contributed by atoms with E-state index in [2.05, 4.69) is 34.0 Å². The van der Waals surface area contributed by atoms with Gasteiger partial charge < -0.3 is 20.9 Å². The van der Waals surface area contributed by atoms with E-state index in [9.17, 15) is 0 Å². The Balaban J connectivity index is 1.71. The second kappa shape index (κ2) is 12.1. The van der Waals surface area contributed by atoms with Crippen LogP contribution in [0.2, 0.25) is 0 Å². The Morgan fingerprint density at radius 2 is 1.74 bits per heavy atom. The molecular weight excluding hydrogens is 336 g/mol. The average Bonchev–Trinajstić information content (AvgIpc) is 3.20. The second-order valence-electron chi connectivity index (χ2n) is 8.24. The zero-order valence-electron chi connectivity index (χ0n) is 17.7. The van der Waals surface area contributed by atoms with Crippen LogP contribution in [0.4, 0.5) is 0 Å². The van der Waals surface area contributed by atoms with Gasteiger partial charge in [-0.1, -0.05) is 52.4 Å². The van der Waals surface area contributed by atoms with Crippen molar-refractivity contribution in [1.29, 1.82) is 5.41 Å². The minimum absolute atomic E-state index is 0.417. The predicted molar refractivity (Wildman–Crippen MR) is 115 cm³/mol. The van der Waals surface area contributed by atoms with Gasteiger partial charge in [0.1, 0.15) is 0 Å². The molecule has 6 nitrogen and oxygen atoms in total. The Bertz CT molecular complexity index is 464. The summed E-state index contributed by atoms with van der Waals surface area (Å²) in [5.74, 6) is 1.37. The van der Waals surface area contributed by atoms with Gasteiger partial charge in [0.25, 0.3) is 0 Å². The highest BCUT2D eigenvalue weighted by molar-refractivity contribution is 5.80. The number of aliphatic imine (C=N–C) groups is 1. The summed E-state index contributed by atoms with van der Waals surface area (Å²) >= 11 is 0. The molecular formula is C21H42N6. The molecule has 0 aromatic rings. The summed E-state index contributed by atoms with van der Waals surface area (Å²) in [4.78, 5) is 8.93. The summed E-state index contributed by atoms with van der Waals surface area (Å²) in [5, 5.41) is 11.9. The summed E-state index contributed by atoms with van der Waals surface area (Å²) < 4.78 is 0. The maximum absolute atomic E-state index is 8.68. The molecule has 2 heterocycles. The molecule has 0 spiro atoms. The van der Waals surface area contributed by atoms with Crippen molar-refractivity contribution in [3.63, 3.8) is 0 Å². The number of rotatable bonds is 14. The molecule has 27 heavy (non-hydrogen) atoms. The van der Waals surface area contributed by atoms with Gasteiger partial charge in [0.05, 0.1) is 6.54 Å². The third kappa shape index (κ3) is 7.23. The van der Waals surface area contributed by atoms with Gasteiger partial charge in [0.15, 0.2) is 11.9 Å². The average molecular weight is 379 g/mol. The lowest BCUT2D eigenvalue weighted by Gasteiger charge is -2.25. The van der Waals surface area contributed by atoms with E-state index in [1.165, 1.54) is 57.8 Å². The van der Waals surface area contributed by atoms with Gasteiger partial charge in [-0.3, -0.25) is 10.4 Å². The summed E-state index contributed by atoms with van der Waals surface area (Å²) in [6.45, 7) is 8.47. The summed E-state index contributed by atoms with van der Waals surface area (Å²) in [6, 6.07) is 0.966. The van der Waals surface area contributed by atoms with Crippen LogP contribution in [-0.4, -0.2) is 60.0 Å². The molecule has 0 aromatic heterocycles. The van der Waals surface area contributed by atoms with Crippen LogP contribution in [0.5, 0.6) is 0 Å². The molecule has 1 saturated heterocycles. The largest absolute Gasteiger partial charge is 0.370 e. The summed E-state index contributed by atoms with van der Waals surface area (Å²) in [5.41, 5.74) is 5.68. The van der Waals surface area contributed by atoms with Crippen molar-refractivity contribution >= 4 is 11.9 Å². The van der Waals surface area contributed by atoms with Crippen LogP contribution in [0.3, 0.4) is 0 Å². The van der Waals surface area contributed by atoms with Crippen molar-refractivity contribution in [2.24, 2.45) is 10.7 Å². The molecule has 0 bridgehead atoms. The van der Waals surface area contributed by atoms with Gasteiger partial charge >= 0.3 is 0 Å². The molecule has 0 unspecified atom stereocenters. The quantitative estimate of drug-likeness (QED) is 0.404. The maximum Gasteiger partial charge on any atom is 0.194 e. The fourth-order valence-corrected chi connectivity index (χ4v) is 4.22.